The van der Waals surface area contributed by atoms with Gasteiger partial charge in [-0.05, 0) is 34.1 Å². The van der Waals surface area contributed by atoms with Gasteiger partial charge in [-0.1, -0.05) is 24.6 Å². The summed E-state index contributed by atoms with van der Waals surface area (Å²) in [5, 5.41) is 0. The number of ether oxygens (including phenoxy) is 2. The van der Waals surface area contributed by atoms with Gasteiger partial charge in [0.15, 0.2) is 6.29 Å². The van der Waals surface area contributed by atoms with Crippen molar-refractivity contribution in [2.24, 2.45) is 5.41 Å². The summed E-state index contributed by atoms with van der Waals surface area (Å²) in [6, 6.07) is 0. The Morgan fingerprint density at radius 3 is 2.06 bits per heavy atom. The molecule has 0 fully saturated rings. The monoisotopic (exact) mass is 226 g/mol. The predicted molar refractivity (Wildman–Crippen MR) is 69.4 cm³/mol. The van der Waals surface area contributed by atoms with Gasteiger partial charge >= 0.3 is 0 Å². The number of hydrogen-bond donors (Lipinski definition) is 0. The van der Waals surface area contributed by atoms with E-state index in [-0.39, 0.29) is 11.7 Å². The summed E-state index contributed by atoms with van der Waals surface area (Å²) in [5.41, 5.74) is 1.14. The van der Waals surface area contributed by atoms with Crippen molar-refractivity contribution >= 4 is 0 Å². The zero-order valence-corrected chi connectivity index (χ0v) is 11.4. The molecule has 0 heterocycles. The van der Waals surface area contributed by atoms with Gasteiger partial charge < -0.3 is 9.47 Å². The van der Waals surface area contributed by atoms with Gasteiger partial charge in [0, 0.05) is 18.6 Å². The number of rotatable bonds is 8. The van der Waals surface area contributed by atoms with Gasteiger partial charge in [0.1, 0.15) is 0 Å². The quantitative estimate of drug-likeness (QED) is 0.461. The van der Waals surface area contributed by atoms with E-state index < -0.39 is 0 Å². The van der Waals surface area contributed by atoms with Crippen LogP contribution in [0.2, 0.25) is 0 Å². The lowest BCUT2D eigenvalue weighted by atomic mass is 9.85. The van der Waals surface area contributed by atoms with E-state index in [2.05, 4.69) is 33.4 Å². The predicted octanol–water partition coefficient (Wildman–Crippen LogP) is 3.93. The van der Waals surface area contributed by atoms with E-state index in [1.165, 1.54) is 5.57 Å². The topological polar surface area (TPSA) is 18.5 Å². The van der Waals surface area contributed by atoms with Crippen LogP contribution in [-0.2, 0) is 9.47 Å². The van der Waals surface area contributed by atoms with Gasteiger partial charge in [0.25, 0.3) is 0 Å². The molecule has 1 unspecified atom stereocenters. The van der Waals surface area contributed by atoms with Crippen LogP contribution in [0.1, 0.15) is 41.0 Å². The first-order chi connectivity index (χ1) is 7.50. The zero-order valence-electron chi connectivity index (χ0n) is 11.4. The third kappa shape index (κ3) is 4.95. The molecule has 0 aromatic heterocycles. The van der Waals surface area contributed by atoms with Crippen LogP contribution in [0, 0.1) is 5.41 Å². The maximum atomic E-state index is 5.65. The average molecular weight is 226 g/mol. The Morgan fingerprint density at radius 1 is 1.25 bits per heavy atom. The Bertz CT molecular complexity index is 223. The minimum atomic E-state index is -0.212. The normalized spacial score (nSPS) is 14.6. The minimum Gasteiger partial charge on any atom is -0.352 e. The van der Waals surface area contributed by atoms with E-state index in [0.717, 1.165) is 6.42 Å². The molecule has 0 saturated carbocycles. The molecule has 0 aromatic carbocycles. The molecule has 94 valence electrons. The van der Waals surface area contributed by atoms with Crippen LogP contribution in [0.3, 0.4) is 0 Å². The molecule has 0 N–H and O–H groups in total. The molecule has 16 heavy (non-hydrogen) atoms. The lowest BCUT2D eigenvalue weighted by Gasteiger charge is -2.33. The third-order valence-corrected chi connectivity index (χ3v) is 2.59. The van der Waals surface area contributed by atoms with Crippen LogP contribution in [0.4, 0.5) is 0 Å². The Morgan fingerprint density at radius 2 is 1.75 bits per heavy atom. The molecule has 0 rings (SSSR count). The molecule has 0 aliphatic carbocycles. The maximum Gasteiger partial charge on any atom is 0.166 e. The van der Waals surface area contributed by atoms with Gasteiger partial charge in [-0.3, -0.25) is 0 Å². The average Bonchev–Trinajstić information content (AvgIpc) is 2.25. The van der Waals surface area contributed by atoms with Crippen LogP contribution in [0.5, 0.6) is 0 Å². The van der Waals surface area contributed by atoms with Crippen molar-refractivity contribution in [3.63, 3.8) is 0 Å². The van der Waals surface area contributed by atoms with Crippen molar-refractivity contribution < 1.29 is 9.47 Å². The van der Waals surface area contributed by atoms with Crippen molar-refractivity contribution in [1.82, 2.24) is 0 Å². The smallest absolute Gasteiger partial charge is 0.166 e. The summed E-state index contributed by atoms with van der Waals surface area (Å²) in [5.74, 6) is 0. The maximum absolute atomic E-state index is 5.65. The van der Waals surface area contributed by atoms with Crippen LogP contribution in [-0.4, -0.2) is 19.5 Å². The molecule has 0 bridgehead atoms. The summed E-state index contributed by atoms with van der Waals surface area (Å²) in [7, 11) is 0. The molecular formula is C14H26O2. The fourth-order valence-electron chi connectivity index (χ4n) is 1.43. The lowest BCUT2D eigenvalue weighted by Crippen LogP contribution is -2.35. The van der Waals surface area contributed by atoms with Crippen molar-refractivity contribution in [2.45, 2.75) is 47.3 Å². The molecule has 0 radical (unpaired) electrons. The second-order valence-corrected chi connectivity index (χ2v) is 4.44. The zero-order chi connectivity index (χ0) is 12.6. The van der Waals surface area contributed by atoms with Crippen molar-refractivity contribution in [1.29, 1.82) is 0 Å². The van der Waals surface area contributed by atoms with Crippen LogP contribution >= 0.6 is 0 Å². The first-order valence-electron chi connectivity index (χ1n) is 6.00. The number of hydrogen-bond acceptors (Lipinski definition) is 2. The Balaban J connectivity index is 4.71. The van der Waals surface area contributed by atoms with Crippen LogP contribution in [0.25, 0.3) is 0 Å². The highest BCUT2D eigenvalue weighted by molar-refractivity contribution is 5.03. The summed E-state index contributed by atoms with van der Waals surface area (Å²) in [6.45, 7) is 15.5. The molecule has 0 aliphatic heterocycles. The van der Waals surface area contributed by atoms with Crippen LogP contribution in [0.15, 0.2) is 24.3 Å². The van der Waals surface area contributed by atoms with E-state index in [4.69, 9.17) is 9.47 Å². The second-order valence-electron chi connectivity index (χ2n) is 4.44. The highest BCUT2D eigenvalue weighted by Gasteiger charge is 2.31. The fourth-order valence-corrected chi connectivity index (χ4v) is 1.43. The molecule has 0 aliphatic rings. The van der Waals surface area contributed by atoms with Gasteiger partial charge in [0.05, 0.1) is 0 Å². The minimum absolute atomic E-state index is 0.163. The molecule has 0 aromatic rings. The van der Waals surface area contributed by atoms with Gasteiger partial charge in [-0.15, -0.1) is 6.58 Å². The largest absolute Gasteiger partial charge is 0.352 e. The van der Waals surface area contributed by atoms with E-state index in [1.807, 2.05) is 19.9 Å². The summed E-state index contributed by atoms with van der Waals surface area (Å²) in [4.78, 5) is 0. The molecule has 0 saturated heterocycles. The van der Waals surface area contributed by atoms with Crippen molar-refractivity contribution in [2.75, 3.05) is 13.2 Å². The number of allylic oxidation sites excluding steroid dienone is 2. The second kappa shape index (κ2) is 7.64. The Labute approximate surface area is 100 Å². The Hall–Kier alpha value is -0.600. The first kappa shape index (κ1) is 15.4. The molecule has 1 atom stereocenters. The molecule has 0 spiro atoms. The lowest BCUT2D eigenvalue weighted by molar-refractivity contribution is -0.184. The highest BCUT2D eigenvalue weighted by Crippen LogP contribution is 2.31. The molecule has 0 amide bonds. The molecule has 2 heteroatoms. The highest BCUT2D eigenvalue weighted by atomic mass is 16.7. The third-order valence-electron chi connectivity index (χ3n) is 2.59. The summed E-state index contributed by atoms with van der Waals surface area (Å²) >= 11 is 0. The molecular weight excluding hydrogens is 200 g/mol. The standard InChI is InChI=1S/C14H26O2/c1-7-14(6,11-10-12(4)5)13(15-8-2)16-9-3/h7,10,13H,1,8-9,11H2,2-6H3. The van der Waals surface area contributed by atoms with E-state index in [1.54, 1.807) is 0 Å². The van der Waals surface area contributed by atoms with Crippen molar-refractivity contribution in [3.8, 4) is 0 Å². The van der Waals surface area contributed by atoms with Gasteiger partial charge in [-0.2, -0.15) is 0 Å². The fraction of sp³-hybridized carbons (Fsp3) is 0.714. The van der Waals surface area contributed by atoms with E-state index >= 15 is 0 Å². The summed E-state index contributed by atoms with van der Waals surface area (Å²) < 4.78 is 11.3. The van der Waals surface area contributed by atoms with E-state index in [0.29, 0.717) is 13.2 Å². The van der Waals surface area contributed by atoms with Crippen molar-refractivity contribution in [3.05, 3.63) is 24.3 Å². The first-order valence-corrected chi connectivity index (χ1v) is 6.00. The van der Waals surface area contributed by atoms with Gasteiger partial charge in [0.2, 0.25) is 0 Å². The Kier molecular flexibility index (Phi) is 7.35. The van der Waals surface area contributed by atoms with Crippen LogP contribution < -0.4 is 0 Å². The summed E-state index contributed by atoms with van der Waals surface area (Å²) in [6.07, 6.45) is 4.81. The SMILES string of the molecule is C=CC(C)(CC=C(C)C)C(OCC)OCC. The van der Waals surface area contributed by atoms with E-state index in [9.17, 15) is 0 Å². The van der Waals surface area contributed by atoms with Gasteiger partial charge in [-0.25, -0.2) is 0 Å². The molecule has 2 nitrogen and oxygen atoms in total.